The molecule has 1 aromatic heterocycles. The third-order valence-electron chi connectivity index (χ3n) is 1.33. The van der Waals surface area contributed by atoms with Gasteiger partial charge in [0.2, 0.25) is 0 Å². The summed E-state index contributed by atoms with van der Waals surface area (Å²) >= 11 is 4.84. The Bertz CT molecular complexity index is 295. The number of thiophene rings is 1. The zero-order chi connectivity index (χ0) is 8.81. The van der Waals surface area contributed by atoms with Gasteiger partial charge in [0, 0.05) is 22.2 Å². The van der Waals surface area contributed by atoms with Crippen molar-refractivity contribution >= 4 is 27.3 Å². The summed E-state index contributed by atoms with van der Waals surface area (Å²) in [6.07, 6.45) is 0.848. The predicted molar refractivity (Wildman–Crippen MR) is 55.5 cm³/mol. The molecule has 1 nitrogen and oxygen atoms in total. The predicted octanol–water partition coefficient (Wildman–Crippen LogP) is 2.38. The van der Waals surface area contributed by atoms with Gasteiger partial charge in [-0.1, -0.05) is 27.8 Å². The van der Waals surface area contributed by atoms with E-state index in [1.54, 1.807) is 11.3 Å². The molecule has 0 saturated heterocycles. The van der Waals surface area contributed by atoms with Crippen LogP contribution in [0.25, 0.3) is 0 Å². The molecule has 0 saturated carbocycles. The van der Waals surface area contributed by atoms with E-state index in [1.807, 2.05) is 11.4 Å². The normalized spacial score (nSPS) is 9.17. The first kappa shape index (κ1) is 9.79. The second-order valence-corrected chi connectivity index (χ2v) is 3.95. The Labute approximate surface area is 84.6 Å². The number of aliphatic hydroxyl groups excluding tert-OH is 1. The van der Waals surface area contributed by atoms with Crippen LogP contribution in [0.15, 0.2) is 11.4 Å². The van der Waals surface area contributed by atoms with E-state index in [4.69, 9.17) is 5.11 Å². The van der Waals surface area contributed by atoms with Crippen LogP contribution in [0.5, 0.6) is 0 Å². The second kappa shape index (κ2) is 5.36. The van der Waals surface area contributed by atoms with Crippen molar-refractivity contribution in [1.82, 2.24) is 0 Å². The number of hydrogen-bond acceptors (Lipinski definition) is 2. The van der Waals surface area contributed by atoms with Crippen LogP contribution in [0, 0.1) is 11.8 Å². The van der Waals surface area contributed by atoms with Crippen molar-refractivity contribution in [2.75, 3.05) is 5.33 Å². The average molecular weight is 245 g/mol. The maximum Gasteiger partial charge on any atom is 0.0787 e. The molecule has 1 rings (SSSR count). The SMILES string of the molecule is OCc1sccc1C#CCCBr. The molecule has 0 amide bonds. The molecule has 0 aromatic carbocycles. The summed E-state index contributed by atoms with van der Waals surface area (Å²) in [6, 6.07) is 1.94. The fraction of sp³-hybridized carbons (Fsp3) is 0.333. The second-order valence-electron chi connectivity index (χ2n) is 2.16. The summed E-state index contributed by atoms with van der Waals surface area (Å²) in [5.74, 6) is 6.03. The van der Waals surface area contributed by atoms with Crippen LogP contribution in [-0.4, -0.2) is 10.4 Å². The molecule has 1 N–H and O–H groups in total. The zero-order valence-electron chi connectivity index (χ0n) is 6.51. The summed E-state index contributed by atoms with van der Waals surface area (Å²) in [7, 11) is 0. The van der Waals surface area contributed by atoms with Gasteiger partial charge in [-0.05, 0) is 11.4 Å². The first-order chi connectivity index (χ1) is 5.88. The number of hydrogen-bond donors (Lipinski definition) is 1. The highest BCUT2D eigenvalue weighted by Crippen LogP contribution is 2.15. The Kier molecular flexibility index (Phi) is 4.37. The maximum absolute atomic E-state index is 8.90. The molecule has 0 spiro atoms. The lowest BCUT2D eigenvalue weighted by Crippen LogP contribution is -1.80. The molecule has 64 valence electrons. The lowest BCUT2D eigenvalue weighted by Gasteiger charge is -1.88. The molecular weight excluding hydrogens is 236 g/mol. The molecule has 0 aliphatic rings. The molecule has 1 aromatic rings. The largest absolute Gasteiger partial charge is 0.391 e. The van der Waals surface area contributed by atoms with Crippen LogP contribution in [0.1, 0.15) is 16.9 Å². The van der Waals surface area contributed by atoms with Crippen LogP contribution in [0.3, 0.4) is 0 Å². The minimum absolute atomic E-state index is 0.0932. The summed E-state index contributed by atoms with van der Waals surface area (Å²) < 4.78 is 0. The molecular formula is C9H9BrOS. The third kappa shape index (κ3) is 2.63. The average Bonchev–Trinajstić information content (AvgIpc) is 2.52. The van der Waals surface area contributed by atoms with Crippen molar-refractivity contribution in [3.8, 4) is 11.8 Å². The van der Waals surface area contributed by atoms with E-state index in [0.717, 1.165) is 22.2 Å². The summed E-state index contributed by atoms with van der Waals surface area (Å²) in [5, 5.41) is 11.7. The van der Waals surface area contributed by atoms with Crippen LogP contribution < -0.4 is 0 Å². The van der Waals surface area contributed by atoms with Gasteiger partial charge >= 0.3 is 0 Å². The lowest BCUT2D eigenvalue weighted by molar-refractivity contribution is 0.285. The van der Waals surface area contributed by atoms with Gasteiger partial charge in [0.1, 0.15) is 0 Å². The smallest absolute Gasteiger partial charge is 0.0787 e. The van der Waals surface area contributed by atoms with E-state index < -0.39 is 0 Å². The monoisotopic (exact) mass is 244 g/mol. The first-order valence-corrected chi connectivity index (χ1v) is 5.60. The van der Waals surface area contributed by atoms with Gasteiger partial charge in [-0.25, -0.2) is 0 Å². The van der Waals surface area contributed by atoms with Crippen LogP contribution in [0.4, 0.5) is 0 Å². The molecule has 0 atom stereocenters. The Morgan fingerprint density at radius 2 is 2.42 bits per heavy atom. The van der Waals surface area contributed by atoms with E-state index in [0.29, 0.717) is 0 Å². The van der Waals surface area contributed by atoms with E-state index in [9.17, 15) is 0 Å². The van der Waals surface area contributed by atoms with Crippen LogP contribution in [-0.2, 0) is 6.61 Å². The van der Waals surface area contributed by atoms with Gasteiger partial charge in [-0.2, -0.15) is 0 Å². The van der Waals surface area contributed by atoms with Crippen LogP contribution >= 0.6 is 27.3 Å². The van der Waals surface area contributed by atoms with Gasteiger partial charge < -0.3 is 5.11 Å². The maximum atomic E-state index is 8.90. The third-order valence-corrected chi connectivity index (χ3v) is 2.63. The van der Waals surface area contributed by atoms with E-state index in [-0.39, 0.29) is 6.61 Å². The van der Waals surface area contributed by atoms with Crippen molar-refractivity contribution in [3.05, 3.63) is 21.9 Å². The van der Waals surface area contributed by atoms with E-state index in [2.05, 4.69) is 27.8 Å². The number of rotatable bonds is 2. The summed E-state index contributed by atoms with van der Waals surface area (Å²) in [4.78, 5) is 0.956. The molecule has 0 unspecified atom stereocenters. The molecule has 0 bridgehead atoms. The highest BCUT2D eigenvalue weighted by atomic mass is 79.9. The molecule has 0 aliphatic heterocycles. The number of halogens is 1. The Balaban J connectivity index is 2.69. The number of aliphatic hydroxyl groups is 1. The fourth-order valence-corrected chi connectivity index (χ4v) is 1.67. The van der Waals surface area contributed by atoms with Crippen molar-refractivity contribution in [2.45, 2.75) is 13.0 Å². The summed E-state index contributed by atoms with van der Waals surface area (Å²) in [6.45, 7) is 0.0932. The van der Waals surface area contributed by atoms with Gasteiger partial charge in [0.15, 0.2) is 0 Å². The highest BCUT2D eigenvalue weighted by molar-refractivity contribution is 9.09. The first-order valence-electron chi connectivity index (χ1n) is 3.60. The van der Waals surface area contributed by atoms with Crippen molar-refractivity contribution < 1.29 is 5.11 Å². The quantitative estimate of drug-likeness (QED) is 0.626. The Morgan fingerprint density at radius 1 is 1.58 bits per heavy atom. The molecule has 12 heavy (non-hydrogen) atoms. The topological polar surface area (TPSA) is 20.2 Å². The summed E-state index contributed by atoms with van der Waals surface area (Å²) in [5.41, 5.74) is 0.962. The minimum atomic E-state index is 0.0932. The van der Waals surface area contributed by atoms with Gasteiger partial charge in [0.05, 0.1) is 6.61 Å². The Hall–Kier alpha value is -0.300. The fourth-order valence-electron chi connectivity index (χ4n) is 0.779. The van der Waals surface area contributed by atoms with Crippen LogP contribution in [0.2, 0.25) is 0 Å². The van der Waals surface area contributed by atoms with Crippen molar-refractivity contribution in [2.24, 2.45) is 0 Å². The van der Waals surface area contributed by atoms with Gasteiger partial charge in [-0.3, -0.25) is 0 Å². The van der Waals surface area contributed by atoms with E-state index in [1.165, 1.54) is 0 Å². The van der Waals surface area contributed by atoms with E-state index >= 15 is 0 Å². The highest BCUT2D eigenvalue weighted by Gasteiger charge is 1.97. The van der Waals surface area contributed by atoms with Crippen molar-refractivity contribution in [3.63, 3.8) is 0 Å². The number of alkyl halides is 1. The standard InChI is InChI=1S/C9H9BrOS/c10-5-2-1-3-8-4-6-12-9(8)7-11/h4,6,11H,2,5,7H2. The molecule has 0 fully saturated rings. The molecule has 0 radical (unpaired) electrons. The molecule has 0 aliphatic carbocycles. The van der Waals surface area contributed by atoms with Crippen molar-refractivity contribution in [1.29, 1.82) is 0 Å². The molecule has 1 heterocycles. The minimum Gasteiger partial charge on any atom is -0.391 e. The zero-order valence-corrected chi connectivity index (χ0v) is 8.91. The molecule has 3 heteroatoms. The van der Waals surface area contributed by atoms with Gasteiger partial charge in [-0.15, -0.1) is 11.3 Å². The Morgan fingerprint density at radius 3 is 3.08 bits per heavy atom. The lowest BCUT2D eigenvalue weighted by atomic mass is 10.2. The van der Waals surface area contributed by atoms with Gasteiger partial charge in [0.25, 0.3) is 0 Å².